The lowest BCUT2D eigenvalue weighted by molar-refractivity contribution is -0.384. The number of aryl methyl sites for hydroxylation is 1. The molecule has 4 aromatic rings. The van der Waals surface area contributed by atoms with Crippen molar-refractivity contribution in [3.05, 3.63) is 94.0 Å². The van der Waals surface area contributed by atoms with Gasteiger partial charge in [-0.05, 0) is 30.7 Å². The van der Waals surface area contributed by atoms with Crippen LogP contribution in [0.25, 0.3) is 10.9 Å². The molecule has 0 radical (unpaired) electrons. The van der Waals surface area contributed by atoms with Crippen LogP contribution in [0, 0.1) is 17.0 Å². The van der Waals surface area contributed by atoms with Crippen molar-refractivity contribution in [1.29, 1.82) is 0 Å². The molecule has 12 heteroatoms. The Hall–Kier alpha value is -4.45. The number of nitrogens with zero attached hydrogens (tertiary/aromatic N) is 5. The standard InChI is InChI=1S/C26H25N5O6S/c1-19-7-10-22(11-8-19)38(35,36)30-24-12-9-21(31(33)34)17-23(24)25(27-30)28-13-15-29(16-14-28)26(32)37-18-20-5-3-2-4-6-20/h2-12,17H,13-16,18H2,1H3. The third kappa shape index (κ3) is 4.90. The lowest BCUT2D eigenvalue weighted by Crippen LogP contribution is -2.49. The first-order valence-electron chi connectivity index (χ1n) is 11.9. The summed E-state index contributed by atoms with van der Waals surface area (Å²) in [7, 11) is -4.07. The molecule has 0 saturated carbocycles. The third-order valence-corrected chi connectivity index (χ3v) is 8.01. The lowest BCUT2D eigenvalue weighted by atomic mass is 10.2. The average Bonchev–Trinajstić information content (AvgIpc) is 3.32. The summed E-state index contributed by atoms with van der Waals surface area (Å²) in [5, 5.41) is 16.2. The van der Waals surface area contributed by atoms with Crippen LogP contribution in [0.4, 0.5) is 16.3 Å². The second kappa shape index (κ2) is 10.1. The average molecular weight is 536 g/mol. The monoisotopic (exact) mass is 535 g/mol. The van der Waals surface area contributed by atoms with Gasteiger partial charge >= 0.3 is 6.09 Å². The summed E-state index contributed by atoms with van der Waals surface area (Å²) >= 11 is 0. The van der Waals surface area contributed by atoms with Crippen LogP contribution in [-0.4, -0.2) is 59.7 Å². The van der Waals surface area contributed by atoms with E-state index in [1.54, 1.807) is 17.0 Å². The quantitative estimate of drug-likeness (QED) is 0.268. The first-order valence-corrected chi connectivity index (χ1v) is 13.4. The van der Waals surface area contributed by atoms with Gasteiger partial charge in [-0.25, -0.2) is 4.79 Å². The van der Waals surface area contributed by atoms with Crippen LogP contribution in [0.5, 0.6) is 0 Å². The summed E-state index contributed by atoms with van der Waals surface area (Å²) in [4.78, 5) is 27.0. The van der Waals surface area contributed by atoms with Gasteiger partial charge in [0.2, 0.25) is 0 Å². The predicted octanol–water partition coefficient (Wildman–Crippen LogP) is 3.95. The Kier molecular flexibility index (Phi) is 6.72. The summed E-state index contributed by atoms with van der Waals surface area (Å²) < 4.78 is 33.3. The van der Waals surface area contributed by atoms with Gasteiger partial charge in [-0.1, -0.05) is 48.0 Å². The molecule has 0 aliphatic carbocycles. The topological polar surface area (TPSA) is 128 Å². The van der Waals surface area contributed by atoms with E-state index in [-0.39, 0.29) is 22.7 Å². The van der Waals surface area contributed by atoms with E-state index in [2.05, 4.69) is 5.10 Å². The van der Waals surface area contributed by atoms with Crippen molar-refractivity contribution in [2.24, 2.45) is 0 Å². The Morgan fingerprint density at radius 2 is 1.68 bits per heavy atom. The molecule has 0 unspecified atom stereocenters. The minimum absolute atomic E-state index is 0.0587. The molecule has 0 N–H and O–H groups in total. The molecule has 1 aliphatic rings. The van der Waals surface area contributed by atoms with E-state index >= 15 is 0 Å². The van der Waals surface area contributed by atoms with Crippen molar-refractivity contribution in [3.63, 3.8) is 0 Å². The Morgan fingerprint density at radius 3 is 2.34 bits per heavy atom. The molecule has 1 amide bonds. The van der Waals surface area contributed by atoms with E-state index in [9.17, 15) is 23.3 Å². The predicted molar refractivity (Wildman–Crippen MR) is 141 cm³/mol. The number of non-ortho nitro benzene ring substituents is 1. The zero-order valence-corrected chi connectivity index (χ0v) is 21.4. The number of carbonyl (C=O) groups excluding carboxylic acids is 1. The van der Waals surface area contributed by atoms with Gasteiger partial charge in [0.25, 0.3) is 15.7 Å². The maximum absolute atomic E-state index is 13.5. The van der Waals surface area contributed by atoms with Crippen molar-refractivity contribution in [1.82, 2.24) is 14.1 Å². The molecule has 2 heterocycles. The number of hydrogen-bond acceptors (Lipinski definition) is 8. The van der Waals surface area contributed by atoms with E-state index in [1.807, 2.05) is 42.2 Å². The number of anilines is 1. The largest absolute Gasteiger partial charge is 0.445 e. The molecule has 1 fully saturated rings. The molecule has 1 saturated heterocycles. The number of hydrogen-bond donors (Lipinski definition) is 0. The van der Waals surface area contributed by atoms with Crippen LogP contribution in [0.15, 0.2) is 77.7 Å². The summed E-state index contributed by atoms with van der Waals surface area (Å²) in [6, 6.07) is 19.8. The number of ether oxygens (including phenoxy) is 1. The molecule has 1 aromatic heterocycles. The van der Waals surface area contributed by atoms with Gasteiger partial charge < -0.3 is 14.5 Å². The first-order chi connectivity index (χ1) is 18.2. The number of nitro groups is 1. The number of benzene rings is 3. The maximum Gasteiger partial charge on any atom is 0.410 e. The van der Waals surface area contributed by atoms with Crippen LogP contribution in [0.1, 0.15) is 11.1 Å². The van der Waals surface area contributed by atoms with Crippen molar-refractivity contribution in [2.75, 3.05) is 31.1 Å². The van der Waals surface area contributed by atoms with E-state index in [0.717, 1.165) is 15.2 Å². The minimum atomic E-state index is -4.07. The lowest BCUT2D eigenvalue weighted by Gasteiger charge is -2.34. The Labute approximate surface area is 219 Å². The number of carbonyl (C=O) groups is 1. The molecule has 1 aliphatic heterocycles. The highest BCUT2D eigenvalue weighted by molar-refractivity contribution is 7.90. The second-order valence-corrected chi connectivity index (χ2v) is 10.7. The number of fused-ring (bicyclic) bond motifs is 1. The maximum atomic E-state index is 13.5. The molecular weight excluding hydrogens is 510 g/mol. The fourth-order valence-electron chi connectivity index (χ4n) is 4.32. The van der Waals surface area contributed by atoms with Gasteiger partial charge in [0.15, 0.2) is 5.82 Å². The smallest absolute Gasteiger partial charge is 0.410 e. The van der Waals surface area contributed by atoms with Crippen molar-refractivity contribution in [3.8, 4) is 0 Å². The summed E-state index contributed by atoms with van der Waals surface area (Å²) in [5.74, 6) is 0.302. The van der Waals surface area contributed by atoms with Gasteiger partial charge in [0, 0.05) is 38.3 Å². The third-order valence-electron chi connectivity index (χ3n) is 6.41. The van der Waals surface area contributed by atoms with Crippen LogP contribution in [0.3, 0.4) is 0 Å². The fourth-order valence-corrected chi connectivity index (χ4v) is 5.60. The highest BCUT2D eigenvalue weighted by atomic mass is 32.2. The molecule has 0 atom stereocenters. The summed E-state index contributed by atoms with van der Waals surface area (Å²) in [5.41, 5.74) is 1.85. The first kappa shape index (κ1) is 25.2. The van der Waals surface area contributed by atoms with Gasteiger partial charge in [0.05, 0.1) is 20.7 Å². The number of nitro benzene ring substituents is 1. The second-order valence-electron chi connectivity index (χ2n) is 8.96. The molecule has 3 aromatic carbocycles. The SMILES string of the molecule is Cc1ccc(S(=O)(=O)n2nc(N3CCN(C(=O)OCc4ccccc4)CC3)c3cc([N+](=O)[O-])ccc32)cc1. The number of aromatic nitrogens is 2. The van der Waals surface area contributed by atoms with Gasteiger partial charge in [-0.3, -0.25) is 10.1 Å². The zero-order valence-electron chi connectivity index (χ0n) is 20.6. The molecular formula is C26H25N5O6S. The molecule has 11 nitrogen and oxygen atoms in total. The zero-order chi connectivity index (χ0) is 26.9. The van der Waals surface area contributed by atoms with Crippen LogP contribution in [0.2, 0.25) is 0 Å². The summed E-state index contributed by atoms with van der Waals surface area (Å²) in [6.45, 7) is 3.35. The molecule has 0 spiro atoms. The highest BCUT2D eigenvalue weighted by Gasteiger charge is 2.29. The van der Waals surface area contributed by atoms with E-state index in [0.29, 0.717) is 37.4 Å². The van der Waals surface area contributed by atoms with Crippen LogP contribution in [-0.2, 0) is 21.4 Å². The van der Waals surface area contributed by atoms with Crippen LogP contribution >= 0.6 is 0 Å². The van der Waals surface area contributed by atoms with Crippen molar-refractivity contribution >= 4 is 38.5 Å². The Morgan fingerprint density at radius 1 is 1.00 bits per heavy atom. The van der Waals surface area contributed by atoms with E-state index in [1.165, 1.54) is 30.3 Å². The van der Waals surface area contributed by atoms with Gasteiger partial charge in [-0.2, -0.15) is 12.5 Å². The molecule has 0 bridgehead atoms. The number of piperazine rings is 1. The van der Waals surface area contributed by atoms with Crippen molar-refractivity contribution in [2.45, 2.75) is 18.4 Å². The Bertz CT molecular complexity index is 1590. The molecule has 38 heavy (non-hydrogen) atoms. The number of rotatable bonds is 6. The van der Waals surface area contributed by atoms with Gasteiger partial charge in [0.1, 0.15) is 6.61 Å². The number of amides is 1. The van der Waals surface area contributed by atoms with E-state index in [4.69, 9.17) is 4.74 Å². The normalized spacial score (nSPS) is 14.0. The van der Waals surface area contributed by atoms with Crippen molar-refractivity contribution < 1.29 is 22.9 Å². The Balaban J connectivity index is 1.41. The molecule has 196 valence electrons. The van der Waals surface area contributed by atoms with Crippen LogP contribution < -0.4 is 4.90 Å². The summed E-state index contributed by atoms with van der Waals surface area (Å²) in [6.07, 6.45) is -0.443. The van der Waals surface area contributed by atoms with Gasteiger partial charge in [-0.15, -0.1) is 5.10 Å². The minimum Gasteiger partial charge on any atom is -0.445 e. The molecule has 5 rings (SSSR count). The fraction of sp³-hybridized carbons (Fsp3) is 0.231. The van der Waals surface area contributed by atoms with E-state index < -0.39 is 21.0 Å². The highest BCUT2D eigenvalue weighted by Crippen LogP contribution is 2.32.